The summed E-state index contributed by atoms with van der Waals surface area (Å²) in [7, 11) is 0. The lowest BCUT2D eigenvalue weighted by Gasteiger charge is -2.27. The number of nitro benzene ring substituents is 1. The van der Waals surface area contributed by atoms with Gasteiger partial charge in [-0.25, -0.2) is 4.98 Å². The monoisotopic (exact) mass is 350 g/mol. The van der Waals surface area contributed by atoms with Gasteiger partial charge in [0.15, 0.2) is 5.16 Å². The van der Waals surface area contributed by atoms with Crippen molar-refractivity contribution < 1.29 is 9.31 Å². The fourth-order valence-electron chi connectivity index (χ4n) is 2.74. The molecule has 0 aliphatic carbocycles. The van der Waals surface area contributed by atoms with E-state index in [0.29, 0.717) is 42.3 Å². The van der Waals surface area contributed by atoms with E-state index in [2.05, 4.69) is 9.97 Å². The van der Waals surface area contributed by atoms with Crippen molar-refractivity contribution in [1.29, 1.82) is 0 Å². The highest BCUT2D eigenvalue weighted by molar-refractivity contribution is 7.98. The number of aromatic amines is 1. The zero-order valence-electron chi connectivity index (χ0n) is 12.9. The second-order valence-corrected chi connectivity index (χ2v) is 6.30. The van der Waals surface area contributed by atoms with E-state index < -0.39 is 16.4 Å². The fraction of sp³-hybridized carbons (Fsp3) is 0.333. The quantitative estimate of drug-likeness (QED) is 0.393. The van der Waals surface area contributed by atoms with E-state index in [9.17, 15) is 19.3 Å². The van der Waals surface area contributed by atoms with E-state index in [1.165, 1.54) is 23.9 Å². The number of nitrogens with one attached hydrogen (secondary N) is 1. The number of halogens is 1. The first-order valence-electron chi connectivity index (χ1n) is 7.29. The lowest BCUT2D eigenvalue weighted by Crippen LogP contribution is -2.35. The largest absolute Gasteiger partial charge is 0.305 e. The van der Waals surface area contributed by atoms with Crippen molar-refractivity contribution in [2.75, 3.05) is 12.8 Å². The number of nitro groups is 1. The lowest BCUT2D eigenvalue weighted by atomic mass is 10.1. The summed E-state index contributed by atoms with van der Waals surface area (Å²) in [6.07, 6.45) is 2.48. The molecule has 3 rings (SSSR count). The van der Waals surface area contributed by atoms with E-state index in [0.717, 1.165) is 11.8 Å². The summed E-state index contributed by atoms with van der Waals surface area (Å²) >= 11 is 1.39. The average Bonchev–Trinajstić information content (AvgIpc) is 2.56. The van der Waals surface area contributed by atoms with Crippen molar-refractivity contribution >= 4 is 17.4 Å². The molecular weight excluding hydrogens is 335 g/mol. The summed E-state index contributed by atoms with van der Waals surface area (Å²) in [5.74, 6) is -0.849. The zero-order chi connectivity index (χ0) is 17.3. The van der Waals surface area contributed by atoms with Crippen molar-refractivity contribution in [2.45, 2.75) is 24.7 Å². The predicted octanol–water partition coefficient (Wildman–Crippen LogP) is 2.10. The van der Waals surface area contributed by atoms with Crippen LogP contribution in [0.2, 0.25) is 0 Å². The Hall–Kier alpha value is -2.26. The maximum Gasteiger partial charge on any atom is 0.305 e. The minimum Gasteiger partial charge on any atom is -0.301 e. The van der Waals surface area contributed by atoms with Gasteiger partial charge in [-0.05, 0) is 17.9 Å². The Morgan fingerprint density at radius 1 is 1.50 bits per heavy atom. The van der Waals surface area contributed by atoms with E-state index in [1.54, 1.807) is 0 Å². The second kappa shape index (κ2) is 6.70. The number of nitrogens with zero attached hydrogens (tertiary/aromatic N) is 3. The Balaban J connectivity index is 1.81. The third kappa shape index (κ3) is 3.31. The Kier molecular flexibility index (Phi) is 4.63. The molecule has 1 aliphatic rings. The van der Waals surface area contributed by atoms with Crippen molar-refractivity contribution in [3.63, 3.8) is 0 Å². The molecule has 0 unspecified atom stereocenters. The van der Waals surface area contributed by atoms with Crippen molar-refractivity contribution in [1.82, 2.24) is 14.9 Å². The SMILES string of the molecule is CSc1nc2c(c(=O)[nH]1)CN(Cc1ccc(F)c([N+](=O)[O-])c1)CC2. The van der Waals surface area contributed by atoms with Crippen LogP contribution in [0, 0.1) is 15.9 Å². The molecule has 0 bridgehead atoms. The van der Waals surface area contributed by atoms with Crippen LogP contribution in [0.15, 0.2) is 28.2 Å². The first kappa shape index (κ1) is 16.6. The molecule has 2 aromatic rings. The third-order valence-electron chi connectivity index (χ3n) is 3.93. The summed E-state index contributed by atoms with van der Waals surface area (Å²) in [6.45, 7) is 1.50. The number of fused-ring (bicyclic) bond motifs is 1. The van der Waals surface area contributed by atoms with Crippen molar-refractivity contribution in [2.24, 2.45) is 0 Å². The summed E-state index contributed by atoms with van der Waals surface area (Å²) in [6, 6.07) is 3.87. The smallest absolute Gasteiger partial charge is 0.301 e. The van der Waals surface area contributed by atoms with Gasteiger partial charge in [-0.2, -0.15) is 4.39 Å². The average molecular weight is 350 g/mol. The van der Waals surface area contributed by atoms with Crippen LogP contribution in [-0.4, -0.2) is 32.6 Å². The topological polar surface area (TPSA) is 92.1 Å². The van der Waals surface area contributed by atoms with Crippen LogP contribution in [0.1, 0.15) is 16.8 Å². The van der Waals surface area contributed by atoms with Gasteiger partial charge in [-0.15, -0.1) is 0 Å². The zero-order valence-corrected chi connectivity index (χ0v) is 13.7. The number of aromatic nitrogens is 2. The minimum absolute atomic E-state index is 0.154. The van der Waals surface area contributed by atoms with Gasteiger partial charge in [0.1, 0.15) is 0 Å². The molecule has 0 saturated carbocycles. The van der Waals surface area contributed by atoms with E-state index in [-0.39, 0.29) is 5.56 Å². The van der Waals surface area contributed by atoms with E-state index in [1.807, 2.05) is 11.2 Å². The van der Waals surface area contributed by atoms with Gasteiger partial charge < -0.3 is 4.98 Å². The number of hydrogen-bond acceptors (Lipinski definition) is 6. The molecule has 0 atom stereocenters. The molecule has 1 aromatic carbocycles. The molecule has 0 amide bonds. The summed E-state index contributed by atoms with van der Waals surface area (Å²) in [5.41, 5.74) is 1.37. The molecule has 2 heterocycles. The fourth-order valence-corrected chi connectivity index (χ4v) is 3.14. The highest BCUT2D eigenvalue weighted by Crippen LogP contribution is 2.22. The van der Waals surface area contributed by atoms with Crippen LogP contribution >= 0.6 is 11.8 Å². The van der Waals surface area contributed by atoms with Crippen molar-refractivity contribution in [3.8, 4) is 0 Å². The highest BCUT2D eigenvalue weighted by atomic mass is 32.2. The number of thioether (sulfide) groups is 1. The van der Waals surface area contributed by atoms with Gasteiger partial charge in [0.25, 0.3) is 5.56 Å². The first-order valence-corrected chi connectivity index (χ1v) is 8.51. The van der Waals surface area contributed by atoms with E-state index in [4.69, 9.17) is 0 Å². The summed E-state index contributed by atoms with van der Waals surface area (Å²) in [5, 5.41) is 11.4. The van der Waals surface area contributed by atoms with Gasteiger partial charge in [0, 0.05) is 32.1 Å². The van der Waals surface area contributed by atoms with Gasteiger partial charge >= 0.3 is 5.69 Å². The molecule has 126 valence electrons. The van der Waals surface area contributed by atoms with Crippen molar-refractivity contribution in [3.05, 3.63) is 61.3 Å². The Bertz CT molecular complexity index is 855. The van der Waals surface area contributed by atoms with E-state index >= 15 is 0 Å². The predicted molar refractivity (Wildman–Crippen MR) is 87.5 cm³/mol. The molecular formula is C15H15FN4O3S. The van der Waals surface area contributed by atoms with Crippen LogP contribution in [0.25, 0.3) is 0 Å². The standard InChI is InChI=1S/C15H15FN4O3S/c1-24-15-17-12-4-5-19(8-10(12)14(21)18-15)7-9-2-3-11(16)13(6-9)20(22)23/h2-3,6H,4-5,7-8H2,1H3,(H,17,18,21). The van der Waals surface area contributed by atoms with Crippen LogP contribution in [-0.2, 0) is 19.5 Å². The second-order valence-electron chi connectivity index (χ2n) is 5.50. The molecule has 1 aliphatic heterocycles. The van der Waals surface area contributed by atoms with Crippen LogP contribution in [0.3, 0.4) is 0 Å². The number of H-pyrrole nitrogens is 1. The van der Waals surface area contributed by atoms with Crippen LogP contribution in [0.5, 0.6) is 0 Å². The van der Waals surface area contributed by atoms with Gasteiger partial charge in [0.05, 0.1) is 16.2 Å². The highest BCUT2D eigenvalue weighted by Gasteiger charge is 2.22. The Morgan fingerprint density at radius 2 is 2.29 bits per heavy atom. The van der Waals surface area contributed by atoms with Crippen LogP contribution < -0.4 is 5.56 Å². The number of benzene rings is 1. The summed E-state index contributed by atoms with van der Waals surface area (Å²) in [4.78, 5) is 31.4. The minimum atomic E-state index is -0.849. The molecule has 1 N–H and O–H groups in total. The molecule has 7 nitrogen and oxygen atoms in total. The third-order valence-corrected chi connectivity index (χ3v) is 4.51. The lowest BCUT2D eigenvalue weighted by molar-refractivity contribution is -0.387. The summed E-state index contributed by atoms with van der Waals surface area (Å²) < 4.78 is 13.4. The molecule has 1 aromatic heterocycles. The molecule has 24 heavy (non-hydrogen) atoms. The normalized spacial score (nSPS) is 14.4. The maximum atomic E-state index is 13.4. The Labute approximate surface area is 141 Å². The molecule has 0 spiro atoms. The van der Waals surface area contributed by atoms with Crippen LogP contribution in [0.4, 0.5) is 10.1 Å². The molecule has 0 fully saturated rings. The molecule has 0 radical (unpaired) electrons. The van der Waals surface area contributed by atoms with Gasteiger partial charge in [0.2, 0.25) is 5.82 Å². The molecule has 0 saturated heterocycles. The van der Waals surface area contributed by atoms with Gasteiger partial charge in [-0.1, -0.05) is 17.8 Å². The number of hydrogen-bond donors (Lipinski definition) is 1. The Morgan fingerprint density at radius 3 is 3.00 bits per heavy atom. The maximum absolute atomic E-state index is 13.4. The van der Waals surface area contributed by atoms with Gasteiger partial charge in [-0.3, -0.25) is 19.8 Å². The first-order chi connectivity index (χ1) is 11.5. The molecule has 9 heteroatoms. The number of rotatable bonds is 4.